The van der Waals surface area contributed by atoms with Gasteiger partial charge in [0.1, 0.15) is 0 Å². The number of imide groups is 1. The molecule has 4 heteroatoms. The first kappa shape index (κ1) is 16.2. The number of carbonyl (C=O) groups is 2. The van der Waals surface area contributed by atoms with Gasteiger partial charge in [-0.05, 0) is 24.7 Å². The monoisotopic (exact) mass is 269 g/mol. The highest BCUT2D eigenvalue weighted by atomic mass is 16.3. The highest BCUT2D eigenvalue weighted by Gasteiger charge is 2.49. The highest BCUT2D eigenvalue weighted by Crippen LogP contribution is 2.39. The van der Waals surface area contributed by atoms with Crippen molar-refractivity contribution >= 4 is 11.8 Å². The summed E-state index contributed by atoms with van der Waals surface area (Å²) in [5, 5.41) is 10.1. The van der Waals surface area contributed by atoms with Gasteiger partial charge < -0.3 is 5.11 Å². The number of amides is 2. The Hall–Kier alpha value is -0.900. The molecule has 110 valence electrons. The molecular formula is C15H27NO3. The van der Waals surface area contributed by atoms with Crippen molar-refractivity contribution < 1.29 is 14.7 Å². The van der Waals surface area contributed by atoms with Crippen molar-refractivity contribution in [1.29, 1.82) is 0 Å². The van der Waals surface area contributed by atoms with E-state index in [2.05, 4.69) is 0 Å². The summed E-state index contributed by atoms with van der Waals surface area (Å²) in [5.74, 6) is -0.239. The minimum Gasteiger partial charge on any atom is -0.391 e. The van der Waals surface area contributed by atoms with E-state index < -0.39 is 11.5 Å². The van der Waals surface area contributed by atoms with E-state index >= 15 is 0 Å². The average Bonchev–Trinajstić information content (AvgIpc) is 2.51. The molecule has 1 saturated heterocycles. The molecule has 4 nitrogen and oxygen atoms in total. The number of aliphatic hydroxyl groups is 1. The van der Waals surface area contributed by atoms with Gasteiger partial charge in [0.15, 0.2) is 0 Å². The lowest BCUT2D eigenvalue weighted by molar-refractivity contribution is -0.143. The van der Waals surface area contributed by atoms with E-state index in [0.717, 1.165) is 0 Å². The molecule has 1 N–H and O–H groups in total. The summed E-state index contributed by atoms with van der Waals surface area (Å²) in [6.45, 7) is 10.1. The van der Waals surface area contributed by atoms with Crippen LogP contribution in [0.3, 0.4) is 0 Å². The van der Waals surface area contributed by atoms with E-state index in [1.54, 1.807) is 0 Å². The molecule has 1 fully saturated rings. The lowest BCUT2D eigenvalue weighted by Crippen LogP contribution is -2.40. The Morgan fingerprint density at radius 2 is 1.79 bits per heavy atom. The molecule has 0 spiro atoms. The van der Waals surface area contributed by atoms with E-state index in [9.17, 15) is 14.7 Å². The molecule has 0 bridgehead atoms. The maximum atomic E-state index is 12.4. The molecule has 0 aromatic heterocycles. The number of hydrogen-bond donors (Lipinski definition) is 1. The van der Waals surface area contributed by atoms with Crippen LogP contribution in [0, 0.1) is 10.8 Å². The fourth-order valence-corrected chi connectivity index (χ4v) is 2.83. The zero-order valence-corrected chi connectivity index (χ0v) is 12.8. The number of β-amino-alcohol motifs (C(OH)–C–C–N with tert-alkyl or cyclic N) is 1. The zero-order chi connectivity index (χ0) is 14.8. The summed E-state index contributed by atoms with van der Waals surface area (Å²) in [5.41, 5.74) is -0.545. The van der Waals surface area contributed by atoms with Crippen LogP contribution in [0.25, 0.3) is 0 Å². The Morgan fingerprint density at radius 3 is 2.16 bits per heavy atom. The fourth-order valence-electron chi connectivity index (χ4n) is 2.83. The van der Waals surface area contributed by atoms with E-state index in [1.165, 1.54) is 4.90 Å². The van der Waals surface area contributed by atoms with Crippen molar-refractivity contribution in [2.75, 3.05) is 6.54 Å². The molecule has 0 saturated carbocycles. The van der Waals surface area contributed by atoms with Crippen molar-refractivity contribution in [3.63, 3.8) is 0 Å². The van der Waals surface area contributed by atoms with Crippen LogP contribution in [-0.2, 0) is 9.59 Å². The minimum absolute atomic E-state index is 0.0160. The second kappa shape index (κ2) is 5.61. The summed E-state index contributed by atoms with van der Waals surface area (Å²) in [6, 6.07) is 0. The van der Waals surface area contributed by atoms with Crippen LogP contribution in [-0.4, -0.2) is 34.5 Å². The van der Waals surface area contributed by atoms with Crippen molar-refractivity contribution in [2.45, 2.75) is 66.4 Å². The third-order valence-corrected chi connectivity index (χ3v) is 4.08. The topological polar surface area (TPSA) is 57.6 Å². The molecule has 1 aliphatic heterocycles. The first-order valence-electron chi connectivity index (χ1n) is 7.18. The van der Waals surface area contributed by atoms with Crippen LogP contribution < -0.4 is 0 Å². The minimum atomic E-state index is -0.641. The van der Waals surface area contributed by atoms with Gasteiger partial charge in [0.05, 0.1) is 18.1 Å². The van der Waals surface area contributed by atoms with Gasteiger partial charge in [-0.3, -0.25) is 14.5 Å². The summed E-state index contributed by atoms with van der Waals surface area (Å²) in [7, 11) is 0. The SMILES string of the molecule is CCC1(CC)CC(=O)N(CC(O)CC(C)(C)C)C1=O. The third-order valence-electron chi connectivity index (χ3n) is 4.08. The molecule has 0 radical (unpaired) electrons. The van der Waals surface area contributed by atoms with Crippen molar-refractivity contribution in [3.8, 4) is 0 Å². The van der Waals surface area contributed by atoms with Crippen LogP contribution in [0.5, 0.6) is 0 Å². The van der Waals surface area contributed by atoms with Crippen LogP contribution in [0.4, 0.5) is 0 Å². The van der Waals surface area contributed by atoms with Gasteiger partial charge in [-0.25, -0.2) is 0 Å². The molecule has 1 unspecified atom stereocenters. The Morgan fingerprint density at radius 1 is 1.26 bits per heavy atom. The third kappa shape index (κ3) is 3.56. The fraction of sp³-hybridized carbons (Fsp3) is 0.867. The molecule has 0 aliphatic carbocycles. The first-order chi connectivity index (χ1) is 8.65. The summed E-state index contributed by atoms with van der Waals surface area (Å²) < 4.78 is 0. The summed E-state index contributed by atoms with van der Waals surface area (Å²) in [4.78, 5) is 25.7. The van der Waals surface area contributed by atoms with Gasteiger partial charge in [0, 0.05) is 6.42 Å². The Bertz CT molecular complexity index is 353. The van der Waals surface area contributed by atoms with E-state index in [0.29, 0.717) is 25.7 Å². The van der Waals surface area contributed by atoms with Crippen molar-refractivity contribution in [2.24, 2.45) is 10.8 Å². The largest absolute Gasteiger partial charge is 0.391 e. The van der Waals surface area contributed by atoms with Gasteiger partial charge in [-0.1, -0.05) is 34.6 Å². The van der Waals surface area contributed by atoms with Crippen LogP contribution in [0.1, 0.15) is 60.3 Å². The van der Waals surface area contributed by atoms with E-state index in [-0.39, 0.29) is 23.8 Å². The molecular weight excluding hydrogens is 242 g/mol. The number of aliphatic hydroxyl groups excluding tert-OH is 1. The number of nitrogens with zero attached hydrogens (tertiary/aromatic N) is 1. The Balaban J connectivity index is 2.75. The number of hydrogen-bond acceptors (Lipinski definition) is 3. The Labute approximate surface area is 116 Å². The van der Waals surface area contributed by atoms with Gasteiger partial charge in [0.2, 0.25) is 11.8 Å². The Kier molecular flexibility index (Phi) is 4.77. The molecule has 1 atom stereocenters. The lowest BCUT2D eigenvalue weighted by Gasteiger charge is -2.27. The lowest BCUT2D eigenvalue weighted by atomic mass is 9.81. The molecule has 0 aromatic rings. The second-order valence-electron chi connectivity index (χ2n) is 6.89. The quantitative estimate of drug-likeness (QED) is 0.779. The highest BCUT2D eigenvalue weighted by molar-refractivity contribution is 6.05. The number of likely N-dealkylation sites (tertiary alicyclic amines) is 1. The van der Waals surface area contributed by atoms with Gasteiger partial charge in [-0.15, -0.1) is 0 Å². The van der Waals surface area contributed by atoms with Gasteiger partial charge >= 0.3 is 0 Å². The van der Waals surface area contributed by atoms with Gasteiger partial charge in [0.25, 0.3) is 0 Å². The van der Waals surface area contributed by atoms with Gasteiger partial charge in [-0.2, -0.15) is 0 Å². The zero-order valence-electron chi connectivity index (χ0n) is 12.8. The number of rotatable bonds is 5. The predicted molar refractivity (Wildman–Crippen MR) is 74.4 cm³/mol. The molecule has 1 aliphatic rings. The normalized spacial score (nSPS) is 21.1. The number of carbonyl (C=O) groups excluding carboxylic acids is 2. The van der Waals surface area contributed by atoms with Crippen molar-refractivity contribution in [1.82, 2.24) is 4.90 Å². The van der Waals surface area contributed by atoms with Crippen molar-refractivity contribution in [3.05, 3.63) is 0 Å². The summed E-state index contributed by atoms with van der Waals surface area (Å²) >= 11 is 0. The standard InChI is InChI=1S/C15H27NO3/c1-6-15(7-2)9-12(18)16(13(15)19)10-11(17)8-14(3,4)5/h11,17H,6-10H2,1-5H3. The predicted octanol–water partition coefficient (Wildman–Crippen LogP) is 2.35. The maximum Gasteiger partial charge on any atom is 0.235 e. The first-order valence-corrected chi connectivity index (χ1v) is 7.18. The molecule has 2 amide bonds. The van der Waals surface area contributed by atoms with Crippen LogP contribution >= 0.6 is 0 Å². The van der Waals surface area contributed by atoms with Crippen LogP contribution in [0.2, 0.25) is 0 Å². The van der Waals surface area contributed by atoms with Crippen LogP contribution in [0.15, 0.2) is 0 Å². The molecule has 1 rings (SSSR count). The van der Waals surface area contributed by atoms with E-state index in [1.807, 2.05) is 34.6 Å². The smallest absolute Gasteiger partial charge is 0.235 e. The summed E-state index contributed by atoms with van der Waals surface area (Å²) in [6.07, 6.45) is 1.59. The second-order valence-corrected chi connectivity index (χ2v) is 6.89. The average molecular weight is 269 g/mol. The van der Waals surface area contributed by atoms with E-state index in [4.69, 9.17) is 0 Å². The molecule has 1 heterocycles. The maximum absolute atomic E-state index is 12.4. The molecule has 19 heavy (non-hydrogen) atoms. The molecule has 0 aromatic carbocycles.